The van der Waals surface area contributed by atoms with Gasteiger partial charge in [0.1, 0.15) is 23.0 Å². The number of para-hydroxylation sites is 1. The van der Waals surface area contributed by atoms with Crippen molar-refractivity contribution in [3.63, 3.8) is 0 Å². The van der Waals surface area contributed by atoms with Crippen molar-refractivity contribution in [3.8, 4) is 11.5 Å². The topological polar surface area (TPSA) is 84.9 Å². The van der Waals surface area contributed by atoms with E-state index in [2.05, 4.69) is 5.32 Å². The van der Waals surface area contributed by atoms with Crippen LogP contribution in [0.5, 0.6) is 11.5 Å². The van der Waals surface area contributed by atoms with Gasteiger partial charge in [-0.1, -0.05) is 41.9 Å². The van der Waals surface area contributed by atoms with Gasteiger partial charge in [-0.05, 0) is 36.4 Å². The highest BCUT2D eigenvalue weighted by Crippen LogP contribution is 2.30. The number of benzene rings is 3. The van der Waals surface area contributed by atoms with Crippen LogP contribution < -0.4 is 14.8 Å². The minimum atomic E-state index is -3.77. The number of amides is 1. The Labute approximate surface area is 192 Å². The smallest absolute Gasteiger partial charge is 0.259 e. The molecular formula is C23H23ClN2O5S. The van der Waals surface area contributed by atoms with E-state index >= 15 is 0 Å². The summed E-state index contributed by atoms with van der Waals surface area (Å²) in [5, 5.41) is 3.30. The first-order chi connectivity index (χ1) is 15.2. The van der Waals surface area contributed by atoms with Crippen molar-refractivity contribution in [2.45, 2.75) is 11.5 Å². The molecule has 32 heavy (non-hydrogen) atoms. The average Bonchev–Trinajstić information content (AvgIpc) is 2.78. The molecule has 0 radical (unpaired) electrons. The quantitative estimate of drug-likeness (QED) is 0.522. The summed E-state index contributed by atoms with van der Waals surface area (Å²) in [5.41, 5.74) is 1.39. The lowest BCUT2D eigenvalue weighted by atomic mass is 10.1. The van der Waals surface area contributed by atoms with E-state index in [1.54, 1.807) is 36.4 Å². The Kier molecular flexibility index (Phi) is 7.40. The first-order valence-electron chi connectivity index (χ1n) is 9.61. The molecule has 3 rings (SSSR count). The Morgan fingerprint density at radius 2 is 1.69 bits per heavy atom. The van der Waals surface area contributed by atoms with Gasteiger partial charge in [0.2, 0.25) is 10.0 Å². The van der Waals surface area contributed by atoms with E-state index in [1.165, 1.54) is 33.3 Å². The molecule has 3 aromatic rings. The van der Waals surface area contributed by atoms with E-state index in [4.69, 9.17) is 21.1 Å². The van der Waals surface area contributed by atoms with Crippen LogP contribution in [0.4, 0.5) is 5.69 Å². The van der Waals surface area contributed by atoms with Crippen LogP contribution in [0.15, 0.2) is 71.6 Å². The molecule has 0 heterocycles. The van der Waals surface area contributed by atoms with Crippen molar-refractivity contribution in [1.29, 1.82) is 0 Å². The molecule has 0 aromatic heterocycles. The molecule has 0 fully saturated rings. The maximum absolute atomic E-state index is 13.0. The fourth-order valence-corrected chi connectivity index (χ4v) is 4.17. The summed E-state index contributed by atoms with van der Waals surface area (Å²) >= 11 is 6.18. The van der Waals surface area contributed by atoms with Crippen LogP contribution in [0.2, 0.25) is 5.02 Å². The van der Waals surface area contributed by atoms with E-state index < -0.39 is 15.9 Å². The molecule has 0 aliphatic heterocycles. The summed E-state index contributed by atoms with van der Waals surface area (Å²) in [6, 6.07) is 18.5. The van der Waals surface area contributed by atoms with Gasteiger partial charge >= 0.3 is 0 Å². The average molecular weight is 475 g/mol. The number of carbonyl (C=O) groups is 1. The van der Waals surface area contributed by atoms with Crippen molar-refractivity contribution in [3.05, 3.63) is 82.9 Å². The highest BCUT2D eigenvalue weighted by molar-refractivity contribution is 7.89. The van der Waals surface area contributed by atoms with E-state index in [-0.39, 0.29) is 17.3 Å². The summed E-state index contributed by atoms with van der Waals surface area (Å²) in [7, 11) is 0.456. The fourth-order valence-electron chi connectivity index (χ4n) is 2.90. The molecule has 9 heteroatoms. The maximum Gasteiger partial charge on any atom is 0.259 e. The van der Waals surface area contributed by atoms with Gasteiger partial charge in [-0.3, -0.25) is 4.79 Å². The van der Waals surface area contributed by atoms with E-state index in [9.17, 15) is 13.2 Å². The molecule has 0 aliphatic carbocycles. The number of carbonyl (C=O) groups excluding carboxylic acids is 1. The van der Waals surface area contributed by atoms with E-state index in [0.717, 1.165) is 9.87 Å². The molecule has 0 bridgehead atoms. The number of ether oxygens (including phenoxy) is 2. The Morgan fingerprint density at radius 1 is 1.00 bits per heavy atom. The van der Waals surface area contributed by atoms with Gasteiger partial charge < -0.3 is 14.8 Å². The van der Waals surface area contributed by atoms with Gasteiger partial charge in [0.25, 0.3) is 5.91 Å². The summed E-state index contributed by atoms with van der Waals surface area (Å²) < 4.78 is 37.3. The van der Waals surface area contributed by atoms with Crippen molar-refractivity contribution >= 4 is 33.2 Å². The predicted octanol–water partition coefficient (Wildman–Crippen LogP) is 4.43. The first-order valence-corrected chi connectivity index (χ1v) is 11.4. The number of nitrogens with zero attached hydrogens (tertiary/aromatic N) is 1. The number of halogens is 1. The van der Waals surface area contributed by atoms with Crippen LogP contribution in [0.25, 0.3) is 0 Å². The van der Waals surface area contributed by atoms with Crippen molar-refractivity contribution in [2.75, 3.05) is 26.5 Å². The summed E-state index contributed by atoms with van der Waals surface area (Å²) in [6.07, 6.45) is 0. The lowest BCUT2D eigenvalue weighted by Crippen LogP contribution is -2.23. The van der Waals surface area contributed by atoms with Gasteiger partial charge in [-0.25, -0.2) is 12.7 Å². The molecule has 1 amide bonds. The molecule has 7 nitrogen and oxygen atoms in total. The zero-order chi connectivity index (χ0) is 23.3. The second-order valence-corrected chi connectivity index (χ2v) is 9.51. The second kappa shape index (κ2) is 10.0. The van der Waals surface area contributed by atoms with Crippen molar-refractivity contribution in [2.24, 2.45) is 0 Å². The monoisotopic (exact) mass is 474 g/mol. The normalized spacial score (nSPS) is 11.3. The van der Waals surface area contributed by atoms with Crippen LogP contribution in [-0.4, -0.2) is 39.8 Å². The molecule has 0 spiro atoms. The third-order valence-electron chi connectivity index (χ3n) is 4.65. The molecule has 0 aliphatic rings. The number of sulfonamides is 1. The minimum Gasteiger partial charge on any atom is -0.495 e. The van der Waals surface area contributed by atoms with Crippen LogP contribution in [0.1, 0.15) is 15.9 Å². The van der Waals surface area contributed by atoms with Gasteiger partial charge in [0.05, 0.1) is 12.7 Å². The molecule has 0 unspecified atom stereocenters. The zero-order valence-electron chi connectivity index (χ0n) is 17.8. The summed E-state index contributed by atoms with van der Waals surface area (Å²) in [4.78, 5) is 12.9. The summed E-state index contributed by atoms with van der Waals surface area (Å²) in [5.74, 6) is 0.109. The number of hydrogen-bond acceptors (Lipinski definition) is 5. The SMILES string of the molecule is COc1ccc(NC(=O)c2ccccc2OCc2ccccc2Cl)cc1S(=O)(=O)N(C)C. The number of anilines is 1. The number of rotatable bonds is 8. The summed E-state index contributed by atoms with van der Waals surface area (Å²) in [6.45, 7) is 0.192. The van der Waals surface area contributed by atoms with Crippen LogP contribution in [0, 0.1) is 0 Å². The standard InChI is InChI=1S/C23H23ClN2O5S/c1-26(2)32(28,29)22-14-17(12-13-21(22)30-3)25-23(27)18-9-5-7-11-20(18)31-15-16-8-4-6-10-19(16)24/h4-14H,15H2,1-3H3,(H,25,27). The van der Waals surface area contributed by atoms with Gasteiger partial charge in [0.15, 0.2) is 0 Å². The van der Waals surface area contributed by atoms with E-state index in [1.807, 2.05) is 18.2 Å². The van der Waals surface area contributed by atoms with Gasteiger partial charge in [-0.15, -0.1) is 0 Å². The second-order valence-electron chi connectivity index (χ2n) is 6.98. The van der Waals surface area contributed by atoms with Gasteiger partial charge in [-0.2, -0.15) is 0 Å². The van der Waals surface area contributed by atoms with Crippen LogP contribution >= 0.6 is 11.6 Å². The minimum absolute atomic E-state index is 0.0499. The molecule has 3 aromatic carbocycles. The maximum atomic E-state index is 13.0. The predicted molar refractivity (Wildman–Crippen MR) is 124 cm³/mol. The Balaban J connectivity index is 1.85. The largest absolute Gasteiger partial charge is 0.495 e. The highest BCUT2D eigenvalue weighted by Gasteiger charge is 2.23. The van der Waals surface area contributed by atoms with Crippen molar-refractivity contribution in [1.82, 2.24) is 4.31 Å². The molecule has 0 saturated carbocycles. The van der Waals surface area contributed by atoms with Gasteiger partial charge in [0, 0.05) is 30.4 Å². The lowest BCUT2D eigenvalue weighted by Gasteiger charge is -2.16. The number of hydrogen-bond donors (Lipinski definition) is 1. The third-order valence-corrected chi connectivity index (χ3v) is 6.86. The Morgan fingerprint density at radius 3 is 2.38 bits per heavy atom. The number of nitrogens with one attached hydrogen (secondary N) is 1. The zero-order valence-corrected chi connectivity index (χ0v) is 19.4. The molecule has 1 N–H and O–H groups in total. The Bertz CT molecular complexity index is 1230. The van der Waals surface area contributed by atoms with E-state index in [0.29, 0.717) is 22.0 Å². The van der Waals surface area contributed by atoms with Crippen molar-refractivity contribution < 1.29 is 22.7 Å². The molecular weight excluding hydrogens is 452 g/mol. The fraction of sp³-hybridized carbons (Fsp3) is 0.174. The first kappa shape index (κ1) is 23.6. The lowest BCUT2D eigenvalue weighted by molar-refractivity contribution is 0.102. The third kappa shape index (κ3) is 5.21. The number of methoxy groups -OCH3 is 1. The molecule has 168 valence electrons. The molecule has 0 saturated heterocycles. The Hall–Kier alpha value is -3.07. The highest BCUT2D eigenvalue weighted by atomic mass is 35.5. The molecule has 0 atom stereocenters. The van der Waals surface area contributed by atoms with Crippen LogP contribution in [-0.2, 0) is 16.6 Å². The van der Waals surface area contributed by atoms with Crippen LogP contribution in [0.3, 0.4) is 0 Å².